The van der Waals surface area contributed by atoms with Gasteiger partial charge in [-0.1, -0.05) is 36.8 Å². The number of hydrogen-bond donors (Lipinski definition) is 0. The topological polar surface area (TPSA) is 65.7 Å². The molecule has 2 aromatic heterocycles. The summed E-state index contributed by atoms with van der Waals surface area (Å²) in [5, 5.41) is 4.40. The van der Waals surface area contributed by atoms with Crippen molar-refractivity contribution in [2.45, 2.75) is 19.8 Å². The summed E-state index contributed by atoms with van der Waals surface area (Å²) in [7, 11) is 1.62. The van der Waals surface area contributed by atoms with E-state index in [1.165, 1.54) is 15.9 Å². The number of hydrogen-bond acceptors (Lipinski definition) is 6. The highest BCUT2D eigenvalue weighted by atomic mass is 32.1. The Kier molecular flexibility index (Phi) is 5.57. The molecule has 0 radical (unpaired) electrons. The van der Waals surface area contributed by atoms with Crippen molar-refractivity contribution in [3.63, 3.8) is 0 Å². The molecule has 2 aromatic carbocycles. The Morgan fingerprint density at radius 2 is 1.97 bits per heavy atom. The first-order chi connectivity index (χ1) is 14.2. The lowest BCUT2D eigenvalue weighted by Gasteiger charge is -2.05. The summed E-state index contributed by atoms with van der Waals surface area (Å²) in [4.78, 5) is 17.8. The second-order valence-corrected chi connectivity index (χ2v) is 7.56. The number of nitrogens with zero attached hydrogens (tertiary/aromatic N) is 3. The Labute approximate surface area is 172 Å². The second-order valence-electron chi connectivity index (χ2n) is 6.55. The number of thiazole rings is 1. The molecule has 0 spiro atoms. The zero-order chi connectivity index (χ0) is 20.2. The number of rotatable bonds is 7. The molecule has 0 aliphatic rings. The molecular formula is C22H21N3O3S. The van der Waals surface area contributed by atoms with E-state index in [9.17, 15) is 4.79 Å². The Morgan fingerprint density at radius 1 is 1.14 bits per heavy atom. The van der Waals surface area contributed by atoms with Crippen LogP contribution in [-0.2, 0) is 0 Å². The standard InChI is InChI=1S/C22H21N3O3S/c1-3-4-12-28-17-10-8-16(9-11-17)20-23-22-25(24-20)21(26)19(29-22)14-15-6-5-7-18(13-15)27-2/h5-11,13-14H,3-4,12H2,1-2H3/b19-14-. The monoisotopic (exact) mass is 407 g/mol. The Balaban J connectivity index is 1.61. The highest BCUT2D eigenvalue weighted by molar-refractivity contribution is 7.15. The number of unbranched alkanes of at least 4 members (excludes halogenated alkanes) is 1. The normalized spacial score (nSPS) is 11.9. The summed E-state index contributed by atoms with van der Waals surface area (Å²) < 4.78 is 12.9. The molecule has 0 fully saturated rings. The van der Waals surface area contributed by atoms with Gasteiger partial charge in [0.05, 0.1) is 18.2 Å². The lowest BCUT2D eigenvalue weighted by atomic mass is 10.2. The van der Waals surface area contributed by atoms with Gasteiger partial charge in [-0.15, -0.1) is 5.10 Å². The molecule has 0 atom stereocenters. The van der Waals surface area contributed by atoms with Crippen molar-refractivity contribution in [3.8, 4) is 22.9 Å². The minimum Gasteiger partial charge on any atom is -0.497 e. The van der Waals surface area contributed by atoms with Crippen LogP contribution in [-0.4, -0.2) is 28.3 Å². The van der Waals surface area contributed by atoms with E-state index in [0.717, 1.165) is 35.5 Å². The van der Waals surface area contributed by atoms with Crippen molar-refractivity contribution < 1.29 is 9.47 Å². The van der Waals surface area contributed by atoms with Crippen LogP contribution < -0.4 is 19.6 Å². The number of benzene rings is 2. The third-order valence-electron chi connectivity index (χ3n) is 4.45. The van der Waals surface area contributed by atoms with Gasteiger partial charge in [0.2, 0.25) is 4.96 Å². The van der Waals surface area contributed by atoms with Crippen molar-refractivity contribution in [2.75, 3.05) is 13.7 Å². The summed E-state index contributed by atoms with van der Waals surface area (Å²) in [6.07, 6.45) is 3.96. The lowest BCUT2D eigenvalue weighted by Crippen LogP contribution is -2.23. The SMILES string of the molecule is CCCCOc1ccc(-c2nc3s/c(=C\c4cccc(OC)c4)c(=O)n3n2)cc1. The molecule has 6 nitrogen and oxygen atoms in total. The molecule has 0 aliphatic heterocycles. The summed E-state index contributed by atoms with van der Waals surface area (Å²) in [6.45, 7) is 2.84. The second kappa shape index (κ2) is 8.45. The maximum Gasteiger partial charge on any atom is 0.291 e. The molecule has 0 aliphatic carbocycles. The van der Waals surface area contributed by atoms with E-state index >= 15 is 0 Å². The van der Waals surface area contributed by atoms with Crippen molar-refractivity contribution in [1.82, 2.24) is 14.6 Å². The Morgan fingerprint density at radius 3 is 2.69 bits per heavy atom. The van der Waals surface area contributed by atoms with E-state index in [1.54, 1.807) is 7.11 Å². The number of ether oxygens (including phenoxy) is 2. The van der Waals surface area contributed by atoms with Crippen LogP contribution in [0.4, 0.5) is 0 Å². The molecule has 0 unspecified atom stereocenters. The molecule has 2 heterocycles. The van der Waals surface area contributed by atoms with Gasteiger partial charge in [-0.2, -0.15) is 9.50 Å². The third-order valence-corrected chi connectivity index (χ3v) is 5.41. The maximum atomic E-state index is 12.7. The minimum atomic E-state index is -0.175. The third kappa shape index (κ3) is 4.14. The quantitative estimate of drug-likeness (QED) is 0.438. The largest absolute Gasteiger partial charge is 0.497 e. The minimum absolute atomic E-state index is 0.175. The molecule has 0 bridgehead atoms. The van der Waals surface area contributed by atoms with Crippen LogP contribution in [0.5, 0.6) is 11.5 Å². The zero-order valence-electron chi connectivity index (χ0n) is 16.3. The molecule has 0 amide bonds. The maximum absolute atomic E-state index is 12.7. The van der Waals surface area contributed by atoms with Crippen LogP contribution in [0, 0.1) is 0 Å². The molecule has 4 rings (SSSR count). The summed E-state index contributed by atoms with van der Waals surface area (Å²) in [5.74, 6) is 2.10. The molecule has 0 saturated carbocycles. The van der Waals surface area contributed by atoms with E-state index in [2.05, 4.69) is 17.0 Å². The van der Waals surface area contributed by atoms with Gasteiger partial charge < -0.3 is 9.47 Å². The Bertz CT molecular complexity index is 1230. The van der Waals surface area contributed by atoms with Gasteiger partial charge in [0, 0.05) is 5.56 Å². The van der Waals surface area contributed by atoms with Gasteiger partial charge in [0.15, 0.2) is 5.82 Å². The highest BCUT2D eigenvalue weighted by Gasteiger charge is 2.12. The average molecular weight is 407 g/mol. The first-order valence-corrected chi connectivity index (χ1v) is 10.3. The number of aromatic nitrogens is 3. The molecule has 29 heavy (non-hydrogen) atoms. The summed E-state index contributed by atoms with van der Waals surface area (Å²) in [6, 6.07) is 15.2. The van der Waals surface area contributed by atoms with E-state index in [1.807, 2.05) is 54.6 Å². The fraction of sp³-hybridized carbons (Fsp3) is 0.227. The molecule has 148 valence electrons. The molecule has 0 saturated heterocycles. The first kappa shape index (κ1) is 19.1. The first-order valence-electron chi connectivity index (χ1n) is 9.46. The lowest BCUT2D eigenvalue weighted by molar-refractivity contribution is 0.309. The summed E-state index contributed by atoms with van der Waals surface area (Å²) in [5.41, 5.74) is 1.57. The van der Waals surface area contributed by atoms with Gasteiger partial charge in [-0.25, -0.2) is 0 Å². The van der Waals surface area contributed by atoms with E-state index in [-0.39, 0.29) is 5.56 Å². The Hall–Kier alpha value is -3.19. The molecule has 4 aromatic rings. The van der Waals surface area contributed by atoms with Gasteiger partial charge in [-0.05, 0) is 54.5 Å². The van der Waals surface area contributed by atoms with Gasteiger partial charge in [0.1, 0.15) is 11.5 Å². The average Bonchev–Trinajstić information content (AvgIpc) is 3.28. The van der Waals surface area contributed by atoms with Crippen LogP contribution in [0.2, 0.25) is 0 Å². The van der Waals surface area contributed by atoms with E-state index in [4.69, 9.17) is 9.47 Å². The van der Waals surface area contributed by atoms with E-state index in [0.29, 0.717) is 21.9 Å². The molecule has 7 heteroatoms. The predicted octanol–water partition coefficient (Wildman–Crippen LogP) is 3.55. The van der Waals surface area contributed by atoms with Crippen LogP contribution in [0.25, 0.3) is 22.4 Å². The number of methoxy groups -OCH3 is 1. The van der Waals surface area contributed by atoms with Gasteiger partial charge in [-0.3, -0.25) is 4.79 Å². The highest BCUT2D eigenvalue weighted by Crippen LogP contribution is 2.21. The smallest absolute Gasteiger partial charge is 0.291 e. The summed E-state index contributed by atoms with van der Waals surface area (Å²) >= 11 is 1.32. The predicted molar refractivity (Wildman–Crippen MR) is 115 cm³/mol. The number of fused-ring (bicyclic) bond motifs is 1. The molecular weight excluding hydrogens is 386 g/mol. The van der Waals surface area contributed by atoms with Crippen LogP contribution in [0.1, 0.15) is 25.3 Å². The van der Waals surface area contributed by atoms with Crippen molar-refractivity contribution in [2.24, 2.45) is 0 Å². The van der Waals surface area contributed by atoms with Gasteiger partial charge >= 0.3 is 0 Å². The van der Waals surface area contributed by atoms with Crippen LogP contribution in [0.3, 0.4) is 0 Å². The fourth-order valence-corrected chi connectivity index (χ4v) is 3.78. The van der Waals surface area contributed by atoms with Crippen molar-refractivity contribution in [3.05, 3.63) is 69.0 Å². The van der Waals surface area contributed by atoms with Crippen LogP contribution >= 0.6 is 11.3 Å². The van der Waals surface area contributed by atoms with E-state index < -0.39 is 0 Å². The fourth-order valence-electron chi connectivity index (χ4n) is 2.87. The van der Waals surface area contributed by atoms with Crippen molar-refractivity contribution in [1.29, 1.82) is 0 Å². The van der Waals surface area contributed by atoms with Gasteiger partial charge in [0.25, 0.3) is 5.56 Å². The van der Waals surface area contributed by atoms with Crippen molar-refractivity contribution >= 4 is 22.4 Å². The van der Waals surface area contributed by atoms with Crippen LogP contribution in [0.15, 0.2) is 53.3 Å². The molecule has 0 N–H and O–H groups in total. The zero-order valence-corrected chi connectivity index (χ0v) is 17.1.